The van der Waals surface area contributed by atoms with Crippen LogP contribution in [0.15, 0.2) is 24.3 Å². The lowest BCUT2D eigenvalue weighted by molar-refractivity contribution is 0.0544. The molecule has 1 fully saturated rings. The zero-order valence-electron chi connectivity index (χ0n) is 12.5. The summed E-state index contributed by atoms with van der Waals surface area (Å²) in [5.41, 5.74) is 0.553. The maximum atomic E-state index is 12.9. The highest BCUT2D eigenvalue weighted by Gasteiger charge is 2.32. The first-order valence-corrected chi connectivity index (χ1v) is 7.20. The minimum absolute atomic E-state index is 0.0243. The summed E-state index contributed by atoms with van der Waals surface area (Å²) in [6.07, 6.45) is 4.54. The van der Waals surface area contributed by atoms with Gasteiger partial charge in [0.25, 0.3) is 5.91 Å². The SMILES string of the molecule is CN(C)[C@@H]1CCCC[C@H]1N(C)C(=O)c1ccc(F)cc1. The van der Waals surface area contributed by atoms with Gasteiger partial charge in [0.15, 0.2) is 0 Å². The minimum Gasteiger partial charge on any atom is -0.337 e. The van der Waals surface area contributed by atoms with Gasteiger partial charge in [0.2, 0.25) is 0 Å². The average molecular weight is 278 g/mol. The molecule has 0 N–H and O–H groups in total. The molecule has 0 bridgehead atoms. The third-order valence-electron chi connectivity index (χ3n) is 4.27. The number of rotatable bonds is 3. The molecule has 1 amide bonds. The molecule has 1 saturated carbocycles. The van der Waals surface area contributed by atoms with Gasteiger partial charge in [-0.1, -0.05) is 12.8 Å². The van der Waals surface area contributed by atoms with Crippen molar-refractivity contribution >= 4 is 5.91 Å². The van der Waals surface area contributed by atoms with Gasteiger partial charge in [0, 0.05) is 24.7 Å². The van der Waals surface area contributed by atoms with Crippen LogP contribution < -0.4 is 0 Å². The van der Waals surface area contributed by atoms with Gasteiger partial charge in [-0.2, -0.15) is 0 Å². The number of hydrogen-bond acceptors (Lipinski definition) is 2. The van der Waals surface area contributed by atoms with E-state index in [2.05, 4.69) is 19.0 Å². The molecule has 110 valence electrons. The van der Waals surface area contributed by atoms with Crippen molar-refractivity contribution in [3.05, 3.63) is 35.6 Å². The molecule has 1 aromatic carbocycles. The second-order valence-corrected chi connectivity index (χ2v) is 5.81. The Labute approximate surface area is 120 Å². The van der Waals surface area contributed by atoms with Gasteiger partial charge in [-0.15, -0.1) is 0 Å². The number of halogens is 1. The molecule has 2 atom stereocenters. The van der Waals surface area contributed by atoms with E-state index in [-0.39, 0.29) is 17.8 Å². The molecule has 4 heteroatoms. The second-order valence-electron chi connectivity index (χ2n) is 5.81. The Morgan fingerprint density at radius 2 is 1.60 bits per heavy atom. The number of nitrogens with zero attached hydrogens (tertiary/aromatic N) is 2. The van der Waals surface area contributed by atoms with Crippen LogP contribution in [0.3, 0.4) is 0 Å². The van der Waals surface area contributed by atoms with Crippen LogP contribution in [0.1, 0.15) is 36.0 Å². The normalized spacial score (nSPS) is 22.9. The first-order chi connectivity index (χ1) is 9.50. The number of hydrogen-bond donors (Lipinski definition) is 0. The summed E-state index contributed by atoms with van der Waals surface area (Å²) in [6.45, 7) is 0. The van der Waals surface area contributed by atoms with E-state index in [9.17, 15) is 9.18 Å². The smallest absolute Gasteiger partial charge is 0.253 e. The zero-order valence-corrected chi connectivity index (χ0v) is 12.5. The average Bonchev–Trinajstić information content (AvgIpc) is 2.46. The third kappa shape index (κ3) is 3.18. The molecular weight excluding hydrogens is 255 g/mol. The number of amides is 1. The van der Waals surface area contributed by atoms with Crippen LogP contribution in [0.5, 0.6) is 0 Å². The fraction of sp³-hybridized carbons (Fsp3) is 0.562. The first-order valence-electron chi connectivity index (χ1n) is 7.20. The zero-order chi connectivity index (χ0) is 14.7. The van der Waals surface area contributed by atoms with Crippen LogP contribution in [0, 0.1) is 5.82 Å². The molecule has 0 spiro atoms. The van der Waals surface area contributed by atoms with Gasteiger partial charge in [-0.25, -0.2) is 4.39 Å². The van der Waals surface area contributed by atoms with E-state index in [1.54, 1.807) is 12.1 Å². The van der Waals surface area contributed by atoms with Gasteiger partial charge in [0.1, 0.15) is 5.82 Å². The van der Waals surface area contributed by atoms with Crippen molar-refractivity contribution in [3.63, 3.8) is 0 Å². The highest BCUT2D eigenvalue weighted by Crippen LogP contribution is 2.26. The van der Waals surface area contributed by atoms with Crippen molar-refractivity contribution in [3.8, 4) is 0 Å². The van der Waals surface area contributed by atoms with Crippen LogP contribution in [0.25, 0.3) is 0 Å². The van der Waals surface area contributed by atoms with Gasteiger partial charge < -0.3 is 9.80 Å². The highest BCUT2D eigenvalue weighted by molar-refractivity contribution is 5.94. The van der Waals surface area contributed by atoms with E-state index >= 15 is 0 Å². The number of carbonyl (C=O) groups is 1. The molecule has 2 rings (SSSR count). The minimum atomic E-state index is -0.312. The van der Waals surface area contributed by atoms with Gasteiger partial charge in [-0.05, 0) is 51.2 Å². The molecule has 0 unspecified atom stereocenters. The predicted molar refractivity (Wildman–Crippen MR) is 78.2 cm³/mol. The first kappa shape index (κ1) is 15.0. The van der Waals surface area contributed by atoms with Gasteiger partial charge in [-0.3, -0.25) is 4.79 Å². The van der Waals surface area contributed by atoms with Crippen LogP contribution in [-0.4, -0.2) is 48.9 Å². The second kappa shape index (κ2) is 6.35. The Hall–Kier alpha value is -1.42. The quantitative estimate of drug-likeness (QED) is 0.849. The van der Waals surface area contributed by atoms with Crippen molar-refractivity contribution in [1.29, 1.82) is 0 Å². The predicted octanol–water partition coefficient (Wildman–Crippen LogP) is 2.77. The lowest BCUT2D eigenvalue weighted by atomic mass is 9.88. The number of likely N-dealkylation sites (N-methyl/N-ethyl adjacent to an activating group) is 2. The Morgan fingerprint density at radius 1 is 1.05 bits per heavy atom. The van der Waals surface area contributed by atoms with Crippen molar-refractivity contribution in [1.82, 2.24) is 9.80 Å². The molecular formula is C16H23FN2O. The standard InChI is InChI=1S/C16H23FN2O/c1-18(2)14-6-4-5-7-15(14)19(3)16(20)12-8-10-13(17)11-9-12/h8-11,14-15H,4-7H2,1-3H3/t14-,15-/m1/s1. The summed E-state index contributed by atoms with van der Waals surface area (Å²) in [4.78, 5) is 16.5. The topological polar surface area (TPSA) is 23.6 Å². The fourth-order valence-corrected chi connectivity index (χ4v) is 3.09. The maximum absolute atomic E-state index is 12.9. The maximum Gasteiger partial charge on any atom is 0.253 e. The summed E-state index contributed by atoms with van der Waals surface area (Å²) >= 11 is 0. The Bertz CT molecular complexity index is 458. The van der Waals surface area contributed by atoms with Crippen LogP contribution >= 0.6 is 0 Å². The number of carbonyl (C=O) groups excluding carboxylic acids is 1. The van der Waals surface area contributed by atoms with Crippen molar-refractivity contribution in [2.45, 2.75) is 37.8 Å². The fourth-order valence-electron chi connectivity index (χ4n) is 3.09. The Morgan fingerprint density at radius 3 is 2.15 bits per heavy atom. The summed E-state index contributed by atoms with van der Waals surface area (Å²) < 4.78 is 12.9. The van der Waals surface area contributed by atoms with Crippen LogP contribution in [-0.2, 0) is 0 Å². The third-order valence-corrected chi connectivity index (χ3v) is 4.27. The monoisotopic (exact) mass is 278 g/mol. The molecule has 0 aromatic heterocycles. The summed E-state index contributed by atoms with van der Waals surface area (Å²) in [5, 5.41) is 0. The molecule has 20 heavy (non-hydrogen) atoms. The lowest BCUT2D eigenvalue weighted by Gasteiger charge is -2.41. The highest BCUT2D eigenvalue weighted by atomic mass is 19.1. The van der Waals surface area contributed by atoms with Gasteiger partial charge >= 0.3 is 0 Å². The Kier molecular flexibility index (Phi) is 4.76. The summed E-state index contributed by atoms with van der Waals surface area (Å²) in [7, 11) is 6.00. The van der Waals surface area contributed by atoms with E-state index in [4.69, 9.17) is 0 Å². The van der Waals surface area contributed by atoms with Crippen molar-refractivity contribution in [2.24, 2.45) is 0 Å². The van der Waals surface area contributed by atoms with E-state index in [1.165, 1.54) is 18.6 Å². The molecule has 3 nitrogen and oxygen atoms in total. The molecule has 0 aliphatic heterocycles. The van der Waals surface area contributed by atoms with E-state index in [0.717, 1.165) is 19.3 Å². The van der Waals surface area contributed by atoms with Gasteiger partial charge in [0.05, 0.1) is 0 Å². The molecule has 0 radical (unpaired) electrons. The van der Waals surface area contributed by atoms with E-state index in [0.29, 0.717) is 11.6 Å². The number of benzene rings is 1. The summed E-state index contributed by atoms with van der Waals surface area (Å²) in [6, 6.07) is 6.43. The Balaban J connectivity index is 2.14. The molecule has 1 aliphatic rings. The van der Waals surface area contributed by atoms with Crippen LogP contribution in [0.2, 0.25) is 0 Å². The molecule has 1 aliphatic carbocycles. The molecule has 0 saturated heterocycles. The van der Waals surface area contributed by atoms with Crippen molar-refractivity contribution < 1.29 is 9.18 Å². The largest absolute Gasteiger partial charge is 0.337 e. The van der Waals surface area contributed by atoms with E-state index in [1.807, 2.05) is 11.9 Å². The van der Waals surface area contributed by atoms with Crippen molar-refractivity contribution in [2.75, 3.05) is 21.1 Å². The van der Waals surface area contributed by atoms with Crippen LogP contribution in [0.4, 0.5) is 4.39 Å². The lowest BCUT2D eigenvalue weighted by Crippen LogP contribution is -2.51. The molecule has 0 heterocycles. The molecule has 1 aromatic rings. The summed E-state index contributed by atoms with van der Waals surface area (Å²) in [5.74, 6) is -0.336. The van der Waals surface area contributed by atoms with E-state index < -0.39 is 0 Å².